The van der Waals surface area contributed by atoms with Gasteiger partial charge in [0.05, 0.1) is 10.7 Å². The summed E-state index contributed by atoms with van der Waals surface area (Å²) < 4.78 is 0. The first-order valence-electron chi connectivity index (χ1n) is 6.47. The van der Waals surface area contributed by atoms with Crippen molar-refractivity contribution in [1.82, 2.24) is 9.80 Å². The highest BCUT2D eigenvalue weighted by atomic mass is 33.1. The number of aliphatic hydroxyl groups is 2. The molecule has 0 spiro atoms. The molecule has 110 valence electrons. The first-order chi connectivity index (χ1) is 8.52. The number of hydrogen-bond acceptors (Lipinski definition) is 6. The van der Waals surface area contributed by atoms with Crippen molar-refractivity contribution in [2.45, 2.75) is 37.4 Å². The van der Waals surface area contributed by atoms with Crippen LogP contribution >= 0.6 is 21.6 Å². The van der Waals surface area contributed by atoms with Crippen LogP contribution in [0.2, 0.25) is 0 Å². The van der Waals surface area contributed by atoms with Crippen LogP contribution in [0, 0.1) is 0 Å². The Bertz CT molecular complexity index is 179. The lowest BCUT2D eigenvalue weighted by Crippen LogP contribution is -2.30. The molecule has 0 rings (SSSR count). The summed E-state index contributed by atoms with van der Waals surface area (Å²) in [6.07, 6.45) is 1.66. The van der Waals surface area contributed by atoms with Gasteiger partial charge in [-0.05, 0) is 40.8 Å². The van der Waals surface area contributed by atoms with Gasteiger partial charge in [-0.25, -0.2) is 0 Å². The van der Waals surface area contributed by atoms with Gasteiger partial charge in [0.2, 0.25) is 0 Å². The fourth-order valence-electron chi connectivity index (χ4n) is 1.31. The Hall–Kier alpha value is 0.540. The minimum Gasteiger partial charge on any atom is -0.396 e. The van der Waals surface area contributed by atoms with Gasteiger partial charge in [-0.1, -0.05) is 21.6 Å². The molecule has 6 heteroatoms. The molecule has 2 atom stereocenters. The van der Waals surface area contributed by atoms with E-state index in [1.54, 1.807) is 0 Å². The quantitative estimate of drug-likeness (QED) is 0.447. The molecule has 0 aliphatic heterocycles. The molecule has 2 unspecified atom stereocenters. The maximum absolute atomic E-state index is 8.80. The smallest absolute Gasteiger partial charge is 0.0631 e. The number of nitrogens with zero attached hydrogens (tertiary/aromatic N) is 2. The molecule has 0 amide bonds. The van der Waals surface area contributed by atoms with Crippen LogP contribution in [0.15, 0.2) is 0 Å². The lowest BCUT2D eigenvalue weighted by molar-refractivity contribution is 0.244. The molecule has 0 aromatic carbocycles. The second-order valence-electron chi connectivity index (χ2n) is 4.51. The third-order valence-corrected chi connectivity index (χ3v) is 6.31. The van der Waals surface area contributed by atoms with Gasteiger partial charge in [0.15, 0.2) is 0 Å². The SMILES string of the molecule is CC(SSC(C)N(C)CCCO)N(C)CCCO. The number of hydrogen-bond donors (Lipinski definition) is 2. The van der Waals surface area contributed by atoms with Crippen LogP contribution in [-0.2, 0) is 0 Å². The zero-order valence-electron chi connectivity index (χ0n) is 12.0. The van der Waals surface area contributed by atoms with Crippen molar-refractivity contribution < 1.29 is 10.2 Å². The molecule has 0 saturated heterocycles. The summed E-state index contributed by atoms with van der Waals surface area (Å²) in [7, 11) is 7.91. The molecule has 0 saturated carbocycles. The second-order valence-corrected chi connectivity index (χ2v) is 7.41. The molecule has 0 heterocycles. The first-order valence-corrected chi connectivity index (χ1v) is 8.74. The molecule has 0 aromatic rings. The lowest BCUT2D eigenvalue weighted by Gasteiger charge is -2.27. The van der Waals surface area contributed by atoms with Crippen LogP contribution in [0.5, 0.6) is 0 Å². The van der Waals surface area contributed by atoms with Gasteiger partial charge >= 0.3 is 0 Å². The van der Waals surface area contributed by atoms with Crippen LogP contribution in [0.25, 0.3) is 0 Å². The highest BCUT2D eigenvalue weighted by Gasteiger charge is 2.14. The van der Waals surface area contributed by atoms with Gasteiger partial charge < -0.3 is 10.2 Å². The van der Waals surface area contributed by atoms with Crippen molar-refractivity contribution in [1.29, 1.82) is 0 Å². The minimum absolute atomic E-state index is 0.259. The zero-order chi connectivity index (χ0) is 14.0. The number of aliphatic hydroxyl groups excluding tert-OH is 2. The van der Waals surface area contributed by atoms with E-state index in [2.05, 4.69) is 37.7 Å². The van der Waals surface area contributed by atoms with Gasteiger partial charge in [-0.3, -0.25) is 9.80 Å². The Balaban J connectivity index is 3.78. The van der Waals surface area contributed by atoms with Crippen LogP contribution in [0.1, 0.15) is 26.7 Å². The molecular weight excluding hydrogens is 268 g/mol. The van der Waals surface area contributed by atoms with Crippen LogP contribution < -0.4 is 0 Å². The molecule has 18 heavy (non-hydrogen) atoms. The van der Waals surface area contributed by atoms with Crippen LogP contribution in [0.3, 0.4) is 0 Å². The second kappa shape index (κ2) is 11.4. The van der Waals surface area contributed by atoms with Crippen molar-refractivity contribution in [2.24, 2.45) is 0 Å². The van der Waals surface area contributed by atoms with E-state index < -0.39 is 0 Å². The summed E-state index contributed by atoms with van der Waals surface area (Å²) in [4.78, 5) is 4.52. The molecule has 2 N–H and O–H groups in total. The molecule has 4 nitrogen and oxygen atoms in total. The average Bonchev–Trinajstić information content (AvgIpc) is 2.38. The molecule has 0 bridgehead atoms. The predicted molar refractivity (Wildman–Crippen MR) is 82.8 cm³/mol. The molecule has 0 fully saturated rings. The fraction of sp³-hybridized carbons (Fsp3) is 1.00. The summed E-state index contributed by atoms with van der Waals surface area (Å²) in [5, 5.41) is 18.5. The van der Waals surface area contributed by atoms with Crippen LogP contribution in [-0.4, -0.2) is 71.2 Å². The average molecular weight is 297 g/mol. The molecule has 0 aliphatic rings. The van der Waals surface area contributed by atoms with Gasteiger partial charge in [0.25, 0.3) is 0 Å². The van der Waals surface area contributed by atoms with Gasteiger partial charge in [-0.15, -0.1) is 0 Å². The standard InChI is InChI=1S/C12H28N2O2S2/c1-11(13(3)7-5-9-15)17-18-12(2)14(4)8-6-10-16/h11-12,15-16H,5-10H2,1-4H3. The summed E-state index contributed by atoms with van der Waals surface area (Å²) in [6, 6.07) is 0. The molecule has 0 radical (unpaired) electrons. The van der Waals surface area contributed by atoms with E-state index >= 15 is 0 Å². The lowest BCUT2D eigenvalue weighted by atomic mass is 10.4. The molecule has 0 aromatic heterocycles. The highest BCUT2D eigenvalue weighted by Crippen LogP contribution is 2.33. The van der Waals surface area contributed by atoms with E-state index in [0.29, 0.717) is 10.7 Å². The predicted octanol–water partition coefficient (Wildman–Crippen LogP) is 1.69. The minimum atomic E-state index is 0.259. The van der Waals surface area contributed by atoms with E-state index in [1.165, 1.54) is 0 Å². The number of rotatable bonds is 11. The first kappa shape index (κ1) is 18.5. The third kappa shape index (κ3) is 8.61. The van der Waals surface area contributed by atoms with E-state index in [1.807, 2.05) is 21.6 Å². The van der Waals surface area contributed by atoms with E-state index in [4.69, 9.17) is 10.2 Å². The Morgan fingerprint density at radius 2 is 1.17 bits per heavy atom. The Labute approximate surface area is 120 Å². The summed E-state index contributed by atoms with van der Waals surface area (Å²) in [5.41, 5.74) is 0. The normalized spacial score (nSPS) is 15.3. The van der Waals surface area contributed by atoms with Crippen molar-refractivity contribution in [3.05, 3.63) is 0 Å². The Morgan fingerprint density at radius 1 is 0.833 bits per heavy atom. The highest BCUT2D eigenvalue weighted by molar-refractivity contribution is 8.77. The maximum atomic E-state index is 8.80. The van der Waals surface area contributed by atoms with E-state index in [0.717, 1.165) is 25.9 Å². The summed E-state index contributed by atoms with van der Waals surface area (Å²) in [5.74, 6) is 0. The topological polar surface area (TPSA) is 46.9 Å². The van der Waals surface area contributed by atoms with Crippen molar-refractivity contribution in [3.63, 3.8) is 0 Å². The van der Waals surface area contributed by atoms with Crippen molar-refractivity contribution >= 4 is 21.6 Å². The Kier molecular flexibility index (Phi) is 11.7. The summed E-state index contributed by atoms with van der Waals surface area (Å²) in [6.45, 7) is 6.76. The molecule has 0 aliphatic carbocycles. The van der Waals surface area contributed by atoms with E-state index in [-0.39, 0.29) is 13.2 Å². The van der Waals surface area contributed by atoms with Crippen molar-refractivity contribution in [3.8, 4) is 0 Å². The Morgan fingerprint density at radius 3 is 1.44 bits per heavy atom. The third-order valence-electron chi connectivity index (χ3n) is 2.91. The monoisotopic (exact) mass is 296 g/mol. The fourth-order valence-corrected chi connectivity index (χ4v) is 3.98. The van der Waals surface area contributed by atoms with Gasteiger partial charge in [0, 0.05) is 26.3 Å². The summed E-state index contributed by atoms with van der Waals surface area (Å²) >= 11 is 0. The molecular formula is C12H28N2O2S2. The van der Waals surface area contributed by atoms with Gasteiger partial charge in [0.1, 0.15) is 0 Å². The largest absolute Gasteiger partial charge is 0.396 e. The van der Waals surface area contributed by atoms with Gasteiger partial charge in [-0.2, -0.15) is 0 Å². The maximum Gasteiger partial charge on any atom is 0.0631 e. The van der Waals surface area contributed by atoms with Crippen LogP contribution in [0.4, 0.5) is 0 Å². The van der Waals surface area contributed by atoms with Crippen molar-refractivity contribution in [2.75, 3.05) is 40.4 Å². The zero-order valence-corrected chi connectivity index (χ0v) is 13.6. The van der Waals surface area contributed by atoms with E-state index in [9.17, 15) is 0 Å².